The first-order valence-electron chi connectivity index (χ1n) is 10.3. The van der Waals surface area contributed by atoms with Gasteiger partial charge in [0.2, 0.25) is 0 Å². The van der Waals surface area contributed by atoms with Crippen molar-refractivity contribution >= 4 is 16.7 Å². The number of fused-ring (bicyclic) bond motifs is 1. The zero-order valence-electron chi connectivity index (χ0n) is 17.2. The summed E-state index contributed by atoms with van der Waals surface area (Å²) in [5, 5.41) is 0.920. The fourth-order valence-corrected chi connectivity index (χ4v) is 3.77. The average molecular weight is 392 g/mol. The Labute approximate surface area is 172 Å². The van der Waals surface area contributed by atoms with Crippen molar-refractivity contribution in [3.63, 3.8) is 0 Å². The van der Waals surface area contributed by atoms with Crippen LogP contribution in [0.15, 0.2) is 48.5 Å². The molecule has 2 N–H and O–H groups in total. The maximum absolute atomic E-state index is 6.13. The van der Waals surface area contributed by atoms with Gasteiger partial charge in [-0.05, 0) is 32.0 Å². The summed E-state index contributed by atoms with van der Waals surface area (Å²) in [5.74, 6) is 2.35. The molecule has 1 saturated heterocycles. The van der Waals surface area contributed by atoms with Crippen LogP contribution in [-0.2, 0) is 13.1 Å². The lowest BCUT2D eigenvalue weighted by Gasteiger charge is -2.34. The molecule has 0 unspecified atom stereocenters. The number of nitrogen functional groups attached to an aromatic ring is 1. The van der Waals surface area contributed by atoms with E-state index in [0.29, 0.717) is 5.82 Å². The highest BCUT2D eigenvalue weighted by atomic mass is 16.5. The molecule has 0 radical (unpaired) electrons. The number of para-hydroxylation sites is 2. The van der Waals surface area contributed by atoms with E-state index < -0.39 is 0 Å². The van der Waals surface area contributed by atoms with E-state index in [1.807, 2.05) is 30.3 Å². The van der Waals surface area contributed by atoms with Crippen LogP contribution in [0.3, 0.4) is 0 Å². The molecule has 29 heavy (non-hydrogen) atoms. The molecule has 1 aliphatic rings. The Kier molecular flexibility index (Phi) is 5.92. The molecule has 0 spiro atoms. The number of nitrogens with two attached hydrogens (primary N) is 1. The van der Waals surface area contributed by atoms with Crippen LogP contribution in [0.1, 0.15) is 25.2 Å². The van der Waals surface area contributed by atoms with Crippen LogP contribution in [0.25, 0.3) is 10.9 Å². The maximum atomic E-state index is 6.13. The first-order chi connectivity index (χ1) is 14.1. The van der Waals surface area contributed by atoms with Crippen molar-refractivity contribution in [3.8, 4) is 5.75 Å². The van der Waals surface area contributed by atoms with Gasteiger partial charge in [0.25, 0.3) is 0 Å². The van der Waals surface area contributed by atoms with Gasteiger partial charge in [-0.1, -0.05) is 30.3 Å². The molecule has 6 heteroatoms. The fraction of sp³-hybridized carbons (Fsp3) is 0.391. The van der Waals surface area contributed by atoms with Crippen molar-refractivity contribution in [1.29, 1.82) is 0 Å². The number of piperazine rings is 1. The molecule has 0 aliphatic carbocycles. The highest BCUT2D eigenvalue weighted by molar-refractivity contribution is 5.87. The molecule has 4 rings (SSSR count). The van der Waals surface area contributed by atoms with E-state index in [1.54, 1.807) is 0 Å². The van der Waals surface area contributed by atoms with Crippen molar-refractivity contribution < 1.29 is 4.74 Å². The number of anilines is 1. The number of nitrogens with zero attached hydrogens (tertiary/aromatic N) is 4. The number of ether oxygens (including phenoxy) is 1. The van der Waals surface area contributed by atoms with Crippen LogP contribution >= 0.6 is 0 Å². The first kappa shape index (κ1) is 19.6. The van der Waals surface area contributed by atoms with Crippen LogP contribution in [0.5, 0.6) is 5.75 Å². The van der Waals surface area contributed by atoms with E-state index in [1.165, 1.54) is 5.56 Å². The third-order valence-corrected chi connectivity index (χ3v) is 5.24. The summed E-state index contributed by atoms with van der Waals surface area (Å²) in [5.41, 5.74) is 8.29. The minimum atomic E-state index is 0.183. The van der Waals surface area contributed by atoms with E-state index in [2.05, 4.69) is 46.8 Å². The third-order valence-electron chi connectivity index (χ3n) is 5.24. The number of hydrogen-bond donors (Lipinski definition) is 1. The summed E-state index contributed by atoms with van der Waals surface area (Å²) >= 11 is 0. The molecule has 1 fully saturated rings. The minimum absolute atomic E-state index is 0.183. The molecular formula is C23H29N5O. The summed E-state index contributed by atoms with van der Waals surface area (Å²) in [6, 6.07) is 16.3. The van der Waals surface area contributed by atoms with Crippen LogP contribution < -0.4 is 10.5 Å². The van der Waals surface area contributed by atoms with Crippen LogP contribution in [-0.4, -0.2) is 52.1 Å². The van der Waals surface area contributed by atoms with Gasteiger partial charge in [0, 0.05) is 43.7 Å². The Morgan fingerprint density at radius 2 is 1.55 bits per heavy atom. The molecule has 0 atom stereocenters. The second-order valence-electron chi connectivity index (χ2n) is 7.87. The second kappa shape index (κ2) is 8.76. The van der Waals surface area contributed by atoms with Crippen molar-refractivity contribution in [2.45, 2.75) is 33.0 Å². The van der Waals surface area contributed by atoms with Gasteiger partial charge in [-0.2, -0.15) is 0 Å². The van der Waals surface area contributed by atoms with Gasteiger partial charge in [-0.25, -0.2) is 9.97 Å². The highest BCUT2D eigenvalue weighted by Gasteiger charge is 2.19. The van der Waals surface area contributed by atoms with Crippen molar-refractivity contribution in [1.82, 2.24) is 19.8 Å². The fourth-order valence-electron chi connectivity index (χ4n) is 3.77. The lowest BCUT2D eigenvalue weighted by Crippen LogP contribution is -2.45. The van der Waals surface area contributed by atoms with Gasteiger partial charge in [0.1, 0.15) is 17.4 Å². The van der Waals surface area contributed by atoms with E-state index in [-0.39, 0.29) is 6.10 Å². The lowest BCUT2D eigenvalue weighted by atomic mass is 10.1. The molecule has 0 amide bonds. The van der Waals surface area contributed by atoms with Gasteiger partial charge < -0.3 is 10.5 Å². The van der Waals surface area contributed by atoms with E-state index in [9.17, 15) is 0 Å². The SMILES string of the molecule is CC(C)Oc1ccccc1CN1CCN(Cc2nc(N)c3ccccc3n2)CC1. The Morgan fingerprint density at radius 3 is 2.31 bits per heavy atom. The summed E-state index contributed by atoms with van der Waals surface area (Å²) in [6.07, 6.45) is 0.183. The van der Waals surface area contributed by atoms with Crippen molar-refractivity contribution in [3.05, 3.63) is 59.9 Å². The number of aromatic nitrogens is 2. The van der Waals surface area contributed by atoms with Crippen LogP contribution in [0.2, 0.25) is 0 Å². The molecule has 6 nitrogen and oxygen atoms in total. The lowest BCUT2D eigenvalue weighted by molar-refractivity contribution is 0.118. The highest BCUT2D eigenvalue weighted by Crippen LogP contribution is 2.22. The summed E-state index contributed by atoms with van der Waals surface area (Å²) in [6.45, 7) is 9.78. The quantitative estimate of drug-likeness (QED) is 0.695. The number of hydrogen-bond acceptors (Lipinski definition) is 6. The van der Waals surface area contributed by atoms with Crippen LogP contribution in [0.4, 0.5) is 5.82 Å². The largest absolute Gasteiger partial charge is 0.491 e. The summed E-state index contributed by atoms with van der Waals surface area (Å²) in [4.78, 5) is 14.1. The number of rotatable bonds is 6. The predicted molar refractivity (Wildman–Crippen MR) is 117 cm³/mol. The smallest absolute Gasteiger partial charge is 0.145 e. The summed E-state index contributed by atoms with van der Waals surface area (Å²) < 4.78 is 5.97. The van der Waals surface area contributed by atoms with Crippen molar-refractivity contribution in [2.24, 2.45) is 0 Å². The third kappa shape index (κ3) is 4.83. The standard InChI is InChI=1S/C23H29N5O/c1-17(2)29-21-10-6-3-7-18(21)15-27-11-13-28(14-12-27)16-22-25-20-9-5-4-8-19(20)23(24)26-22/h3-10,17H,11-16H2,1-2H3,(H2,24,25,26). The van der Waals surface area contributed by atoms with Gasteiger partial charge in [-0.3, -0.25) is 9.80 Å². The molecule has 0 saturated carbocycles. The molecule has 0 bridgehead atoms. The molecular weight excluding hydrogens is 362 g/mol. The Bertz CT molecular complexity index is 966. The zero-order valence-corrected chi connectivity index (χ0v) is 17.2. The first-order valence-corrected chi connectivity index (χ1v) is 10.3. The van der Waals surface area contributed by atoms with Gasteiger partial charge in [0.05, 0.1) is 18.2 Å². The summed E-state index contributed by atoms with van der Waals surface area (Å²) in [7, 11) is 0. The topological polar surface area (TPSA) is 67.5 Å². The molecule has 2 aromatic carbocycles. The van der Waals surface area contributed by atoms with E-state index in [0.717, 1.165) is 61.7 Å². The molecule has 1 aliphatic heterocycles. The number of benzene rings is 2. The van der Waals surface area contributed by atoms with Gasteiger partial charge >= 0.3 is 0 Å². The molecule has 152 valence electrons. The minimum Gasteiger partial charge on any atom is -0.491 e. The normalized spacial score (nSPS) is 15.8. The molecule has 3 aromatic rings. The molecule has 2 heterocycles. The average Bonchev–Trinajstić information content (AvgIpc) is 2.71. The van der Waals surface area contributed by atoms with E-state index in [4.69, 9.17) is 15.5 Å². The maximum Gasteiger partial charge on any atom is 0.145 e. The Hall–Kier alpha value is -2.70. The van der Waals surface area contributed by atoms with Crippen molar-refractivity contribution in [2.75, 3.05) is 31.9 Å². The van der Waals surface area contributed by atoms with Gasteiger partial charge in [-0.15, -0.1) is 0 Å². The van der Waals surface area contributed by atoms with Crippen LogP contribution in [0, 0.1) is 0 Å². The second-order valence-corrected chi connectivity index (χ2v) is 7.87. The van der Waals surface area contributed by atoms with E-state index >= 15 is 0 Å². The zero-order chi connectivity index (χ0) is 20.2. The Balaban J connectivity index is 1.36. The van der Waals surface area contributed by atoms with Gasteiger partial charge in [0.15, 0.2) is 0 Å². The predicted octanol–water partition coefficient (Wildman–Crippen LogP) is 3.32. The molecule has 1 aromatic heterocycles. The Morgan fingerprint density at radius 1 is 0.897 bits per heavy atom. The monoisotopic (exact) mass is 391 g/mol.